The average Bonchev–Trinajstić information content (AvgIpc) is 2.81. The number of benzene rings is 1. The van der Waals surface area contributed by atoms with Gasteiger partial charge in [0.05, 0.1) is 5.69 Å². The summed E-state index contributed by atoms with van der Waals surface area (Å²) in [5.41, 5.74) is -3.52. The van der Waals surface area contributed by atoms with Gasteiger partial charge in [-0.1, -0.05) is 6.92 Å². The molecule has 9 heteroatoms. The molecule has 0 radical (unpaired) electrons. The van der Waals surface area contributed by atoms with Crippen molar-refractivity contribution in [1.82, 2.24) is 9.88 Å². The van der Waals surface area contributed by atoms with Gasteiger partial charge in [0.1, 0.15) is 5.54 Å². The highest BCUT2D eigenvalue weighted by Gasteiger charge is 2.51. The van der Waals surface area contributed by atoms with Gasteiger partial charge in [-0.3, -0.25) is 9.78 Å². The summed E-state index contributed by atoms with van der Waals surface area (Å²) in [6.45, 7) is 5.51. The Kier molecular flexibility index (Phi) is 5.62. The minimum absolute atomic E-state index is 0.0136. The van der Waals surface area contributed by atoms with Crippen LogP contribution in [0.1, 0.15) is 32.0 Å². The molecular weight excluding hydrogens is 403 g/mol. The van der Waals surface area contributed by atoms with Gasteiger partial charge in [0.25, 0.3) is 5.91 Å². The van der Waals surface area contributed by atoms with Crippen LogP contribution in [0.5, 0.6) is 0 Å². The molecule has 0 spiro atoms. The fourth-order valence-electron chi connectivity index (χ4n) is 3.13. The maximum Gasteiger partial charge on any atom is 0.446 e. The van der Waals surface area contributed by atoms with E-state index in [1.54, 1.807) is 26.1 Å². The Hall–Kier alpha value is -2.55. The van der Waals surface area contributed by atoms with Crippen LogP contribution >= 0.6 is 11.8 Å². The molecule has 3 amide bonds. The van der Waals surface area contributed by atoms with E-state index in [-0.39, 0.29) is 28.9 Å². The Bertz CT molecular complexity index is 929. The number of aromatic nitrogens is 1. The van der Waals surface area contributed by atoms with Crippen molar-refractivity contribution in [1.29, 1.82) is 0 Å². The fourth-order valence-corrected chi connectivity index (χ4v) is 3.67. The Balaban J connectivity index is 1.86. The number of anilines is 1. The number of nitrogens with zero attached hydrogens (tertiary/aromatic N) is 3. The van der Waals surface area contributed by atoms with E-state index in [1.807, 2.05) is 13.0 Å². The summed E-state index contributed by atoms with van der Waals surface area (Å²) in [7, 11) is 0. The predicted molar refractivity (Wildman–Crippen MR) is 104 cm³/mol. The molecule has 29 heavy (non-hydrogen) atoms. The van der Waals surface area contributed by atoms with Crippen LogP contribution < -0.4 is 4.90 Å². The van der Waals surface area contributed by atoms with Gasteiger partial charge in [0.15, 0.2) is 0 Å². The molecule has 1 aromatic heterocycles. The third-order valence-electron chi connectivity index (χ3n) is 4.74. The summed E-state index contributed by atoms with van der Waals surface area (Å²) in [5.74, 6) is -0.427. The van der Waals surface area contributed by atoms with Crippen molar-refractivity contribution in [3.05, 3.63) is 53.9 Å². The zero-order valence-electron chi connectivity index (χ0n) is 16.2. The zero-order valence-corrected chi connectivity index (χ0v) is 17.0. The van der Waals surface area contributed by atoms with Gasteiger partial charge in [-0.15, -0.1) is 0 Å². The molecule has 0 bridgehead atoms. The van der Waals surface area contributed by atoms with Crippen LogP contribution in [0.2, 0.25) is 0 Å². The quantitative estimate of drug-likeness (QED) is 0.502. The maximum absolute atomic E-state index is 13.0. The van der Waals surface area contributed by atoms with Gasteiger partial charge in [-0.05, 0) is 74.0 Å². The van der Waals surface area contributed by atoms with Crippen LogP contribution in [-0.4, -0.2) is 32.9 Å². The molecule has 0 saturated carbocycles. The molecule has 0 aliphatic carbocycles. The van der Waals surface area contributed by atoms with Crippen LogP contribution in [0, 0.1) is 0 Å². The smallest absolute Gasteiger partial charge is 0.305 e. The Morgan fingerprint density at radius 3 is 2.34 bits per heavy atom. The largest absolute Gasteiger partial charge is 0.446 e. The number of amides is 3. The number of imide groups is 1. The molecule has 2 heterocycles. The topological polar surface area (TPSA) is 53.5 Å². The number of urea groups is 1. The second kappa shape index (κ2) is 7.70. The first-order valence-corrected chi connectivity index (χ1v) is 9.80. The summed E-state index contributed by atoms with van der Waals surface area (Å²) >= 11 is -0.246. The van der Waals surface area contributed by atoms with Gasteiger partial charge in [-0.25, -0.2) is 9.69 Å². The Labute approximate surface area is 170 Å². The monoisotopic (exact) mass is 423 g/mol. The third kappa shape index (κ3) is 4.39. The van der Waals surface area contributed by atoms with Gasteiger partial charge in [0.2, 0.25) is 0 Å². The van der Waals surface area contributed by atoms with E-state index in [2.05, 4.69) is 4.98 Å². The molecule has 5 nitrogen and oxygen atoms in total. The van der Waals surface area contributed by atoms with E-state index in [0.717, 1.165) is 22.6 Å². The first-order chi connectivity index (χ1) is 13.5. The van der Waals surface area contributed by atoms with E-state index in [0.29, 0.717) is 0 Å². The summed E-state index contributed by atoms with van der Waals surface area (Å²) < 4.78 is 37.5. The predicted octanol–water partition coefficient (Wildman–Crippen LogP) is 5.00. The third-order valence-corrected chi connectivity index (χ3v) is 5.48. The van der Waals surface area contributed by atoms with Crippen molar-refractivity contribution < 1.29 is 22.8 Å². The van der Waals surface area contributed by atoms with Crippen LogP contribution in [0.4, 0.5) is 23.7 Å². The number of pyridine rings is 1. The molecule has 2 aromatic rings. The number of hydrogen-bond donors (Lipinski definition) is 0. The summed E-state index contributed by atoms with van der Waals surface area (Å²) in [6, 6.07) is 8.38. The Morgan fingerprint density at radius 1 is 1.10 bits per heavy atom. The number of halogens is 3. The lowest BCUT2D eigenvalue weighted by Gasteiger charge is -2.27. The molecule has 0 unspecified atom stereocenters. The van der Waals surface area contributed by atoms with Crippen molar-refractivity contribution >= 4 is 29.4 Å². The summed E-state index contributed by atoms with van der Waals surface area (Å²) in [4.78, 5) is 32.7. The van der Waals surface area contributed by atoms with Gasteiger partial charge in [0, 0.05) is 23.3 Å². The van der Waals surface area contributed by atoms with Crippen molar-refractivity contribution in [3.8, 4) is 0 Å². The number of carbonyl (C=O) groups excluding carboxylic acids is 2. The SMILES string of the molecule is CCc1cc(CN2C(=O)N(c3ccc(SC(F)(F)F)cc3)C(=O)C2(C)C)ccn1. The van der Waals surface area contributed by atoms with Crippen molar-refractivity contribution in [2.24, 2.45) is 0 Å². The first-order valence-electron chi connectivity index (χ1n) is 8.98. The van der Waals surface area contributed by atoms with Crippen LogP contribution in [0.3, 0.4) is 0 Å². The molecule has 154 valence electrons. The maximum atomic E-state index is 13.0. The number of hydrogen-bond acceptors (Lipinski definition) is 4. The number of thioether (sulfide) groups is 1. The highest BCUT2D eigenvalue weighted by Crippen LogP contribution is 2.38. The fraction of sp³-hybridized carbons (Fsp3) is 0.350. The van der Waals surface area contributed by atoms with E-state index in [1.165, 1.54) is 29.2 Å². The number of aryl methyl sites for hydroxylation is 1. The zero-order chi connectivity index (χ0) is 21.4. The normalized spacial score (nSPS) is 16.6. The van der Waals surface area contributed by atoms with Crippen molar-refractivity contribution in [3.63, 3.8) is 0 Å². The molecule has 1 fully saturated rings. The average molecular weight is 423 g/mol. The molecule has 3 rings (SSSR count). The highest BCUT2D eigenvalue weighted by atomic mass is 32.2. The van der Waals surface area contributed by atoms with E-state index in [9.17, 15) is 22.8 Å². The standard InChI is InChI=1S/C20H20F3N3O2S/c1-4-14-11-13(9-10-24-14)12-25-18(28)26(17(27)19(25,2)3)15-5-7-16(8-6-15)29-20(21,22)23/h5-11H,4,12H2,1-3H3. The van der Waals surface area contributed by atoms with Crippen LogP contribution in [-0.2, 0) is 17.8 Å². The van der Waals surface area contributed by atoms with Crippen molar-refractivity contribution in [2.75, 3.05) is 4.90 Å². The number of rotatable bonds is 5. The first kappa shape index (κ1) is 21.2. The number of alkyl halides is 3. The highest BCUT2D eigenvalue weighted by molar-refractivity contribution is 8.00. The molecule has 1 aliphatic heterocycles. The minimum Gasteiger partial charge on any atom is -0.305 e. The van der Waals surface area contributed by atoms with Crippen molar-refractivity contribution in [2.45, 2.75) is 49.7 Å². The van der Waals surface area contributed by atoms with E-state index < -0.39 is 23.0 Å². The lowest BCUT2D eigenvalue weighted by atomic mass is 10.0. The lowest BCUT2D eigenvalue weighted by Crippen LogP contribution is -2.43. The Morgan fingerprint density at radius 2 is 1.76 bits per heavy atom. The molecule has 0 atom stereocenters. The molecule has 1 aliphatic rings. The minimum atomic E-state index is -4.40. The molecule has 1 saturated heterocycles. The summed E-state index contributed by atoms with van der Waals surface area (Å²) in [6.07, 6.45) is 2.41. The summed E-state index contributed by atoms with van der Waals surface area (Å²) in [5, 5.41) is 0. The van der Waals surface area contributed by atoms with E-state index in [4.69, 9.17) is 0 Å². The van der Waals surface area contributed by atoms with Crippen LogP contribution in [0.25, 0.3) is 0 Å². The lowest BCUT2D eigenvalue weighted by molar-refractivity contribution is -0.123. The molecular formula is C20H20F3N3O2S. The second-order valence-electron chi connectivity index (χ2n) is 7.12. The van der Waals surface area contributed by atoms with Gasteiger partial charge in [-0.2, -0.15) is 13.2 Å². The van der Waals surface area contributed by atoms with Gasteiger partial charge < -0.3 is 4.90 Å². The van der Waals surface area contributed by atoms with Crippen LogP contribution in [0.15, 0.2) is 47.5 Å². The molecule has 0 N–H and O–H groups in total. The molecule has 1 aromatic carbocycles. The van der Waals surface area contributed by atoms with Gasteiger partial charge >= 0.3 is 11.5 Å². The number of carbonyl (C=O) groups is 2. The second-order valence-corrected chi connectivity index (χ2v) is 8.26. The van der Waals surface area contributed by atoms with E-state index >= 15 is 0 Å².